The van der Waals surface area contributed by atoms with E-state index in [1.165, 1.54) is 5.56 Å². The molecule has 2 aliphatic heterocycles. The molecule has 2 aromatic rings. The molecule has 0 aliphatic carbocycles. The van der Waals surface area contributed by atoms with Crippen LogP contribution in [-0.2, 0) is 22.4 Å². The maximum Gasteiger partial charge on any atom is 0.228 e. The SMILES string of the molecule is Cc1nc([C@H]2CCCCN2C(=O)CCc2ccccc2)nc2c1CCC(=O)N2CC(C)C. The van der Waals surface area contributed by atoms with Crippen molar-refractivity contribution in [3.8, 4) is 0 Å². The Morgan fingerprint density at radius 1 is 1.12 bits per heavy atom. The Labute approximate surface area is 191 Å². The molecule has 170 valence electrons. The first-order chi connectivity index (χ1) is 15.4. The molecule has 32 heavy (non-hydrogen) atoms. The predicted octanol–water partition coefficient (Wildman–Crippen LogP) is 4.41. The van der Waals surface area contributed by atoms with Gasteiger partial charge in [0.2, 0.25) is 11.8 Å². The van der Waals surface area contributed by atoms with Crippen LogP contribution in [0, 0.1) is 12.8 Å². The molecule has 1 aromatic heterocycles. The second kappa shape index (κ2) is 9.80. The maximum atomic E-state index is 13.2. The highest BCUT2D eigenvalue weighted by atomic mass is 16.2. The van der Waals surface area contributed by atoms with Gasteiger partial charge in [0, 0.05) is 37.2 Å². The smallest absolute Gasteiger partial charge is 0.228 e. The zero-order chi connectivity index (χ0) is 22.7. The molecule has 1 saturated heterocycles. The van der Waals surface area contributed by atoms with Crippen LogP contribution in [0.15, 0.2) is 30.3 Å². The average Bonchev–Trinajstić information content (AvgIpc) is 2.79. The van der Waals surface area contributed by atoms with Gasteiger partial charge in [0.15, 0.2) is 5.82 Å². The number of benzene rings is 1. The number of piperidine rings is 1. The first-order valence-electron chi connectivity index (χ1n) is 11.9. The van der Waals surface area contributed by atoms with Crippen molar-refractivity contribution in [2.45, 2.75) is 71.8 Å². The van der Waals surface area contributed by atoms with Crippen LogP contribution in [0.2, 0.25) is 0 Å². The molecule has 0 bridgehead atoms. The predicted molar refractivity (Wildman–Crippen MR) is 125 cm³/mol. The summed E-state index contributed by atoms with van der Waals surface area (Å²) in [6, 6.07) is 10.0. The van der Waals surface area contributed by atoms with E-state index in [0.29, 0.717) is 37.5 Å². The summed E-state index contributed by atoms with van der Waals surface area (Å²) in [5.41, 5.74) is 3.19. The van der Waals surface area contributed by atoms with Gasteiger partial charge in [-0.05, 0) is 50.5 Å². The zero-order valence-electron chi connectivity index (χ0n) is 19.5. The second-order valence-corrected chi connectivity index (χ2v) is 9.45. The molecular formula is C26H34N4O2. The van der Waals surface area contributed by atoms with Crippen LogP contribution in [-0.4, -0.2) is 39.8 Å². The lowest BCUT2D eigenvalue weighted by atomic mass is 9.98. The van der Waals surface area contributed by atoms with Gasteiger partial charge in [-0.15, -0.1) is 0 Å². The van der Waals surface area contributed by atoms with Crippen LogP contribution in [0.1, 0.15) is 74.6 Å². The second-order valence-electron chi connectivity index (χ2n) is 9.45. The number of rotatable bonds is 6. The Bertz CT molecular complexity index is 973. The van der Waals surface area contributed by atoms with E-state index in [2.05, 4.69) is 26.0 Å². The van der Waals surface area contributed by atoms with Gasteiger partial charge in [-0.3, -0.25) is 14.5 Å². The minimum Gasteiger partial charge on any atom is -0.332 e. The van der Waals surface area contributed by atoms with Crippen LogP contribution in [0.3, 0.4) is 0 Å². The molecule has 3 heterocycles. The molecule has 0 unspecified atom stereocenters. The highest BCUT2D eigenvalue weighted by Crippen LogP contribution is 2.34. The molecular weight excluding hydrogens is 400 g/mol. The summed E-state index contributed by atoms with van der Waals surface area (Å²) >= 11 is 0. The van der Waals surface area contributed by atoms with Crippen molar-refractivity contribution < 1.29 is 9.59 Å². The van der Waals surface area contributed by atoms with Crippen molar-refractivity contribution in [1.82, 2.24) is 14.9 Å². The first-order valence-corrected chi connectivity index (χ1v) is 11.9. The monoisotopic (exact) mass is 434 g/mol. The summed E-state index contributed by atoms with van der Waals surface area (Å²) in [6.07, 6.45) is 5.37. The number of likely N-dealkylation sites (tertiary alicyclic amines) is 1. The van der Waals surface area contributed by atoms with Crippen molar-refractivity contribution in [2.75, 3.05) is 18.0 Å². The molecule has 1 atom stereocenters. The third-order valence-corrected chi connectivity index (χ3v) is 6.49. The average molecular weight is 435 g/mol. The summed E-state index contributed by atoms with van der Waals surface area (Å²) in [6.45, 7) is 7.64. The van der Waals surface area contributed by atoms with E-state index in [0.717, 1.165) is 49.3 Å². The number of aryl methyl sites for hydroxylation is 2. The molecule has 2 aliphatic rings. The van der Waals surface area contributed by atoms with E-state index >= 15 is 0 Å². The molecule has 6 nitrogen and oxygen atoms in total. The number of hydrogen-bond donors (Lipinski definition) is 0. The molecule has 1 fully saturated rings. The largest absolute Gasteiger partial charge is 0.332 e. The number of hydrogen-bond acceptors (Lipinski definition) is 4. The number of fused-ring (bicyclic) bond motifs is 1. The van der Waals surface area contributed by atoms with E-state index in [4.69, 9.17) is 9.97 Å². The van der Waals surface area contributed by atoms with E-state index in [1.807, 2.05) is 34.9 Å². The van der Waals surface area contributed by atoms with Gasteiger partial charge in [0.05, 0.1) is 6.04 Å². The third-order valence-electron chi connectivity index (χ3n) is 6.49. The quantitative estimate of drug-likeness (QED) is 0.676. The van der Waals surface area contributed by atoms with Gasteiger partial charge >= 0.3 is 0 Å². The molecule has 0 radical (unpaired) electrons. The Hall–Kier alpha value is -2.76. The highest BCUT2D eigenvalue weighted by Gasteiger charge is 2.33. The number of amides is 2. The van der Waals surface area contributed by atoms with Crippen LogP contribution in [0.5, 0.6) is 0 Å². The number of carbonyl (C=O) groups excluding carboxylic acids is 2. The third kappa shape index (κ3) is 4.84. The van der Waals surface area contributed by atoms with Gasteiger partial charge in [-0.2, -0.15) is 0 Å². The van der Waals surface area contributed by atoms with E-state index in [-0.39, 0.29) is 17.9 Å². The molecule has 0 N–H and O–H groups in total. The first kappa shape index (κ1) is 22.4. The van der Waals surface area contributed by atoms with Crippen molar-refractivity contribution in [2.24, 2.45) is 5.92 Å². The van der Waals surface area contributed by atoms with Gasteiger partial charge in [0.1, 0.15) is 5.82 Å². The summed E-state index contributed by atoms with van der Waals surface area (Å²) in [5.74, 6) is 2.11. The fraction of sp³-hybridized carbons (Fsp3) is 0.538. The molecule has 1 aromatic carbocycles. The Kier molecular flexibility index (Phi) is 6.87. The van der Waals surface area contributed by atoms with Crippen LogP contribution in [0.4, 0.5) is 5.82 Å². The summed E-state index contributed by atoms with van der Waals surface area (Å²) < 4.78 is 0. The summed E-state index contributed by atoms with van der Waals surface area (Å²) in [5, 5.41) is 0. The van der Waals surface area contributed by atoms with Crippen molar-refractivity contribution in [3.63, 3.8) is 0 Å². The van der Waals surface area contributed by atoms with Gasteiger partial charge in [0.25, 0.3) is 0 Å². The topological polar surface area (TPSA) is 66.4 Å². The Balaban J connectivity index is 1.59. The summed E-state index contributed by atoms with van der Waals surface area (Å²) in [7, 11) is 0. The van der Waals surface area contributed by atoms with Crippen LogP contribution >= 0.6 is 0 Å². The van der Waals surface area contributed by atoms with Gasteiger partial charge in [-0.25, -0.2) is 9.97 Å². The highest BCUT2D eigenvalue weighted by molar-refractivity contribution is 5.95. The number of nitrogens with zero attached hydrogens (tertiary/aromatic N) is 4. The number of carbonyl (C=O) groups is 2. The van der Waals surface area contributed by atoms with Gasteiger partial charge in [-0.1, -0.05) is 44.2 Å². The molecule has 0 spiro atoms. The van der Waals surface area contributed by atoms with Crippen LogP contribution < -0.4 is 4.90 Å². The fourth-order valence-electron chi connectivity index (χ4n) is 4.84. The lowest BCUT2D eigenvalue weighted by Gasteiger charge is -2.36. The van der Waals surface area contributed by atoms with E-state index < -0.39 is 0 Å². The molecule has 6 heteroatoms. The number of anilines is 1. The van der Waals surface area contributed by atoms with Crippen LogP contribution in [0.25, 0.3) is 0 Å². The standard InChI is InChI=1S/C26H34N4O2/c1-18(2)17-30-24(32)15-13-21-19(3)27-25(28-26(21)30)22-11-7-8-16-29(22)23(31)14-12-20-9-5-4-6-10-20/h4-6,9-10,18,22H,7-8,11-17H2,1-3H3/t22-/m1/s1. The van der Waals surface area contributed by atoms with Gasteiger partial charge < -0.3 is 4.90 Å². The van der Waals surface area contributed by atoms with Crippen molar-refractivity contribution >= 4 is 17.6 Å². The Morgan fingerprint density at radius 2 is 1.91 bits per heavy atom. The molecule has 2 amide bonds. The molecule has 0 saturated carbocycles. The minimum absolute atomic E-state index is 0.117. The maximum absolute atomic E-state index is 13.2. The van der Waals surface area contributed by atoms with E-state index in [1.54, 1.807) is 0 Å². The number of aromatic nitrogens is 2. The van der Waals surface area contributed by atoms with E-state index in [9.17, 15) is 9.59 Å². The lowest BCUT2D eigenvalue weighted by Crippen LogP contribution is -2.41. The normalized spacial score (nSPS) is 18.8. The van der Waals surface area contributed by atoms with Crippen molar-refractivity contribution in [1.29, 1.82) is 0 Å². The lowest BCUT2D eigenvalue weighted by molar-refractivity contribution is -0.135. The fourth-order valence-corrected chi connectivity index (χ4v) is 4.84. The minimum atomic E-state index is -0.117. The zero-order valence-corrected chi connectivity index (χ0v) is 19.5. The summed E-state index contributed by atoms with van der Waals surface area (Å²) in [4.78, 5) is 39.5. The molecule has 4 rings (SSSR count). The Morgan fingerprint density at radius 3 is 2.66 bits per heavy atom. The van der Waals surface area contributed by atoms with Crippen molar-refractivity contribution in [3.05, 3.63) is 53.0 Å².